The Kier molecular flexibility index (Phi) is 8.41. The molecule has 0 fully saturated rings. The first-order valence-corrected chi connectivity index (χ1v) is 7.03. The van der Waals surface area contributed by atoms with Gasteiger partial charge in [-0.25, -0.2) is 0 Å². The molecule has 14 heavy (non-hydrogen) atoms. The molecule has 0 unspecified atom stereocenters. The van der Waals surface area contributed by atoms with Gasteiger partial charge in [0.25, 0.3) is 0 Å². The van der Waals surface area contributed by atoms with E-state index in [-0.39, 0.29) is 0 Å². The van der Waals surface area contributed by atoms with E-state index in [1.54, 1.807) is 21.3 Å². The van der Waals surface area contributed by atoms with E-state index >= 15 is 0 Å². The predicted octanol–water partition coefficient (Wildman–Crippen LogP) is 1.38. The Morgan fingerprint density at radius 2 is 1.36 bits per heavy atom. The molecule has 0 aromatic heterocycles. The SMILES string of the molecule is CO[Si](CCCCCCN)(OC)OC. The van der Waals surface area contributed by atoms with E-state index in [2.05, 4.69) is 0 Å². The lowest BCUT2D eigenvalue weighted by Gasteiger charge is -2.24. The molecule has 4 nitrogen and oxygen atoms in total. The van der Waals surface area contributed by atoms with E-state index in [9.17, 15) is 0 Å². The molecule has 0 aliphatic carbocycles. The van der Waals surface area contributed by atoms with Gasteiger partial charge in [-0.3, -0.25) is 0 Å². The van der Waals surface area contributed by atoms with Crippen LogP contribution in [0.25, 0.3) is 0 Å². The van der Waals surface area contributed by atoms with Crippen molar-refractivity contribution >= 4 is 8.80 Å². The van der Waals surface area contributed by atoms with Gasteiger partial charge in [-0.1, -0.05) is 12.8 Å². The Bertz CT molecular complexity index is 123. The quantitative estimate of drug-likeness (QED) is 0.472. The molecular formula is C9H23NO3Si. The van der Waals surface area contributed by atoms with E-state index in [1.807, 2.05) is 0 Å². The Labute approximate surface area is 88.1 Å². The van der Waals surface area contributed by atoms with Gasteiger partial charge in [0.05, 0.1) is 0 Å². The minimum Gasteiger partial charge on any atom is -0.377 e. The van der Waals surface area contributed by atoms with Gasteiger partial charge >= 0.3 is 8.80 Å². The summed E-state index contributed by atoms with van der Waals surface area (Å²) in [6, 6.07) is 0.890. The van der Waals surface area contributed by atoms with Crippen LogP contribution in [0.2, 0.25) is 6.04 Å². The summed E-state index contributed by atoms with van der Waals surface area (Å²) < 4.78 is 15.9. The van der Waals surface area contributed by atoms with Crippen molar-refractivity contribution in [1.29, 1.82) is 0 Å². The van der Waals surface area contributed by atoms with Crippen molar-refractivity contribution in [2.75, 3.05) is 27.9 Å². The number of rotatable bonds is 9. The summed E-state index contributed by atoms with van der Waals surface area (Å²) in [6.45, 7) is 0.779. The lowest BCUT2D eigenvalue weighted by Crippen LogP contribution is -2.42. The largest absolute Gasteiger partial charge is 0.500 e. The summed E-state index contributed by atoms with van der Waals surface area (Å²) in [5, 5.41) is 0. The van der Waals surface area contributed by atoms with Crippen LogP contribution in [-0.4, -0.2) is 36.7 Å². The van der Waals surface area contributed by atoms with Gasteiger partial charge < -0.3 is 19.0 Å². The van der Waals surface area contributed by atoms with Gasteiger partial charge in [0.1, 0.15) is 0 Å². The number of hydrogen-bond acceptors (Lipinski definition) is 4. The van der Waals surface area contributed by atoms with E-state index in [1.165, 1.54) is 12.8 Å². The Morgan fingerprint density at radius 1 is 0.857 bits per heavy atom. The maximum Gasteiger partial charge on any atom is 0.500 e. The minimum absolute atomic E-state index is 0.779. The van der Waals surface area contributed by atoms with Crippen LogP contribution < -0.4 is 5.73 Å². The van der Waals surface area contributed by atoms with Crippen LogP contribution in [0, 0.1) is 0 Å². The third kappa shape index (κ3) is 5.07. The van der Waals surface area contributed by atoms with Crippen LogP contribution in [0.3, 0.4) is 0 Å². The molecule has 2 N–H and O–H groups in total. The zero-order chi connectivity index (χ0) is 10.9. The fraction of sp³-hybridized carbons (Fsp3) is 1.00. The fourth-order valence-electron chi connectivity index (χ4n) is 1.40. The molecule has 86 valence electrons. The molecule has 5 heteroatoms. The third-order valence-corrected chi connectivity index (χ3v) is 5.20. The normalized spacial score (nSPS) is 12.0. The molecule has 0 aromatic carbocycles. The molecule has 0 heterocycles. The second-order valence-corrected chi connectivity index (χ2v) is 6.34. The molecule has 0 aliphatic heterocycles. The summed E-state index contributed by atoms with van der Waals surface area (Å²) in [5.74, 6) is 0. The Morgan fingerprint density at radius 3 is 1.79 bits per heavy atom. The van der Waals surface area contributed by atoms with E-state index < -0.39 is 8.80 Å². The van der Waals surface area contributed by atoms with Crippen LogP contribution >= 0.6 is 0 Å². The molecule has 0 bridgehead atoms. The maximum atomic E-state index is 5.41. The second-order valence-electron chi connectivity index (χ2n) is 3.25. The number of nitrogens with two attached hydrogens (primary N) is 1. The molecular weight excluding hydrogens is 198 g/mol. The fourth-order valence-corrected chi connectivity index (χ4v) is 3.19. The smallest absolute Gasteiger partial charge is 0.377 e. The monoisotopic (exact) mass is 221 g/mol. The van der Waals surface area contributed by atoms with E-state index in [0.717, 1.165) is 25.4 Å². The molecule has 0 saturated carbocycles. The average Bonchev–Trinajstić information content (AvgIpc) is 2.24. The average molecular weight is 221 g/mol. The topological polar surface area (TPSA) is 53.7 Å². The highest BCUT2D eigenvalue weighted by atomic mass is 28.4. The summed E-state index contributed by atoms with van der Waals surface area (Å²) in [7, 11) is 2.65. The predicted molar refractivity (Wildman–Crippen MR) is 59.1 cm³/mol. The third-order valence-electron chi connectivity index (χ3n) is 2.37. The van der Waals surface area contributed by atoms with Crippen LogP contribution in [0.4, 0.5) is 0 Å². The van der Waals surface area contributed by atoms with Gasteiger partial charge in [0.15, 0.2) is 0 Å². The first kappa shape index (κ1) is 14.1. The summed E-state index contributed by atoms with van der Waals surface area (Å²) in [5.41, 5.74) is 5.41. The van der Waals surface area contributed by atoms with Crippen LogP contribution in [-0.2, 0) is 13.3 Å². The molecule has 0 radical (unpaired) electrons. The zero-order valence-corrected chi connectivity index (χ0v) is 10.5. The van der Waals surface area contributed by atoms with Crippen molar-refractivity contribution in [1.82, 2.24) is 0 Å². The van der Waals surface area contributed by atoms with Crippen molar-refractivity contribution < 1.29 is 13.3 Å². The van der Waals surface area contributed by atoms with E-state index in [0.29, 0.717) is 0 Å². The van der Waals surface area contributed by atoms with Gasteiger partial charge in [0, 0.05) is 27.4 Å². The van der Waals surface area contributed by atoms with Crippen LogP contribution in [0.15, 0.2) is 0 Å². The van der Waals surface area contributed by atoms with Gasteiger partial charge in [0.2, 0.25) is 0 Å². The van der Waals surface area contributed by atoms with Crippen molar-refractivity contribution in [2.24, 2.45) is 5.73 Å². The van der Waals surface area contributed by atoms with Gasteiger partial charge in [-0.05, 0) is 19.4 Å². The summed E-state index contributed by atoms with van der Waals surface area (Å²) in [4.78, 5) is 0. The van der Waals surface area contributed by atoms with Crippen molar-refractivity contribution in [2.45, 2.75) is 31.7 Å². The molecule has 0 atom stereocenters. The molecule has 0 amide bonds. The zero-order valence-electron chi connectivity index (χ0n) is 9.54. The molecule has 0 saturated heterocycles. The highest BCUT2D eigenvalue weighted by molar-refractivity contribution is 6.60. The Balaban J connectivity index is 3.61. The highest BCUT2D eigenvalue weighted by Crippen LogP contribution is 2.17. The summed E-state index contributed by atoms with van der Waals surface area (Å²) >= 11 is 0. The van der Waals surface area contributed by atoms with Gasteiger partial charge in [-0.15, -0.1) is 0 Å². The number of hydrogen-bond donors (Lipinski definition) is 1. The van der Waals surface area contributed by atoms with Crippen molar-refractivity contribution in [3.05, 3.63) is 0 Å². The minimum atomic E-state index is -2.31. The molecule has 0 spiro atoms. The standard InChI is InChI=1S/C9H23NO3Si/c1-11-14(12-2,13-3)9-7-5-4-6-8-10/h4-10H2,1-3H3. The van der Waals surface area contributed by atoms with E-state index in [4.69, 9.17) is 19.0 Å². The maximum absolute atomic E-state index is 5.41. The second kappa shape index (κ2) is 8.37. The first-order chi connectivity index (χ1) is 6.74. The highest BCUT2D eigenvalue weighted by Gasteiger charge is 2.36. The lowest BCUT2D eigenvalue weighted by atomic mass is 10.2. The lowest BCUT2D eigenvalue weighted by molar-refractivity contribution is 0.122. The molecule has 0 aromatic rings. The van der Waals surface area contributed by atoms with Gasteiger partial charge in [-0.2, -0.15) is 0 Å². The van der Waals surface area contributed by atoms with Crippen molar-refractivity contribution in [3.63, 3.8) is 0 Å². The molecule has 0 rings (SSSR count). The van der Waals surface area contributed by atoms with Crippen LogP contribution in [0.5, 0.6) is 0 Å². The number of unbranched alkanes of at least 4 members (excludes halogenated alkanes) is 3. The first-order valence-electron chi connectivity index (χ1n) is 5.10. The molecule has 0 aliphatic rings. The van der Waals surface area contributed by atoms with Crippen LogP contribution in [0.1, 0.15) is 25.7 Å². The van der Waals surface area contributed by atoms with Crippen molar-refractivity contribution in [3.8, 4) is 0 Å². The Hall–Kier alpha value is 0.0569. The summed E-state index contributed by atoms with van der Waals surface area (Å²) in [6.07, 6.45) is 4.53.